The first kappa shape index (κ1) is 7.40. The molecule has 0 radical (unpaired) electrons. The zero-order valence-corrected chi connectivity index (χ0v) is 6.27. The predicted octanol–water partition coefficient (Wildman–Crippen LogP) is 0.0642. The van der Waals surface area contributed by atoms with Crippen LogP contribution >= 0.6 is 0 Å². The van der Waals surface area contributed by atoms with Crippen molar-refractivity contribution in [1.29, 1.82) is 0 Å². The largest absolute Gasteiger partial charge is 0.491 e. The van der Waals surface area contributed by atoms with E-state index in [-0.39, 0.29) is 0 Å². The van der Waals surface area contributed by atoms with Crippen LogP contribution in [0.2, 0.25) is 0 Å². The number of hydrogen-bond donors (Lipinski definition) is 2. The molecule has 0 fully saturated rings. The molecule has 0 saturated heterocycles. The molecule has 0 spiro atoms. The molecule has 4 heteroatoms. The zero-order valence-electron chi connectivity index (χ0n) is 6.27. The lowest BCUT2D eigenvalue weighted by molar-refractivity contribution is 0.423. The van der Waals surface area contributed by atoms with E-state index in [0.29, 0.717) is 5.46 Å². The third kappa shape index (κ3) is 1.11. The third-order valence-corrected chi connectivity index (χ3v) is 1.75. The highest BCUT2D eigenvalue weighted by Gasteiger charge is 2.14. The fraction of sp³-hybridized carbons (Fsp3) is 0. The van der Waals surface area contributed by atoms with Crippen LogP contribution in [-0.4, -0.2) is 17.2 Å². The molecule has 0 atom stereocenters. The van der Waals surface area contributed by atoms with Gasteiger partial charge >= 0.3 is 7.12 Å². The summed E-state index contributed by atoms with van der Waals surface area (Å²) in [4.78, 5) is 0. The van der Waals surface area contributed by atoms with Crippen LogP contribution in [0.5, 0.6) is 0 Å². The van der Waals surface area contributed by atoms with Crippen LogP contribution in [0.4, 0.5) is 0 Å². The summed E-state index contributed by atoms with van der Waals surface area (Å²) in [6.07, 6.45) is 1.34. The van der Waals surface area contributed by atoms with Gasteiger partial charge in [-0.05, 0) is 12.1 Å². The summed E-state index contributed by atoms with van der Waals surface area (Å²) in [6, 6.07) is 7.21. The first-order chi connectivity index (χ1) is 5.77. The van der Waals surface area contributed by atoms with Gasteiger partial charge in [0.1, 0.15) is 5.76 Å². The molecule has 2 aliphatic rings. The second-order valence-corrected chi connectivity index (χ2v) is 2.60. The Balaban J connectivity index is 2.54. The molecule has 0 saturated carbocycles. The normalized spacial score (nSPS) is 10.5. The average Bonchev–Trinajstić information content (AvgIpc) is 2.49. The molecule has 0 aromatic heterocycles. The summed E-state index contributed by atoms with van der Waals surface area (Å²) in [5, 5.41) is 17.6. The fourth-order valence-electron chi connectivity index (χ4n) is 1.12. The van der Waals surface area contributed by atoms with Crippen molar-refractivity contribution in [3.8, 4) is 11.3 Å². The average molecular weight is 162 g/mol. The van der Waals surface area contributed by atoms with Gasteiger partial charge in [-0.25, -0.2) is 0 Å². The van der Waals surface area contributed by atoms with Crippen LogP contribution in [0.25, 0.3) is 11.3 Å². The third-order valence-electron chi connectivity index (χ3n) is 1.75. The van der Waals surface area contributed by atoms with Gasteiger partial charge in [0.15, 0.2) is 0 Å². The van der Waals surface area contributed by atoms with Crippen LogP contribution < -0.4 is 5.46 Å². The Morgan fingerprint density at radius 2 is 2.08 bits per heavy atom. The molecule has 1 aliphatic heterocycles. The molecule has 12 heavy (non-hydrogen) atoms. The van der Waals surface area contributed by atoms with E-state index in [1.54, 1.807) is 6.07 Å². The van der Waals surface area contributed by atoms with Gasteiger partial charge in [-0.3, -0.25) is 0 Å². The van der Waals surface area contributed by atoms with E-state index in [1.165, 1.54) is 6.26 Å². The van der Waals surface area contributed by atoms with E-state index < -0.39 is 7.12 Å². The lowest BCUT2D eigenvalue weighted by atomic mass is 9.81. The van der Waals surface area contributed by atoms with Crippen LogP contribution in [0.3, 0.4) is 0 Å². The first-order valence-electron chi connectivity index (χ1n) is 3.60. The van der Waals surface area contributed by atoms with E-state index in [1.807, 2.05) is 18.2 Å². The summed E-state index contributed by atoms with van der Waals surface area (Å²) in [7, 11) is -1.46. The monoisotopic (exact) mass is 162 g/mol. The molecular weight excluding hydrogens is 155 g/mol. The van der Waals surface area contributed by atoms with Crippen LogP contribution in [-0.2, 0) is 0 Å². The summed E-state index contributed by atoms with van der Waals surface area (Å²) in [6.45, 7) is 0. The van der Waals surface area contributed by atoms with Gasteiger partial charge < -0.3 is 14.5 Å². The van der Waals surface area contributed by atoms with Crippen molar-refractivity contribution in [2.45, 2.75) is 0 Å². The van der Waals surface area contributed by atoms with Crippen LogP contribution in [0.15, 0.2) is 34.9 Å². The smallest absolute Gasteiger partial charge is 0.465 e. The van der Waals surface area contributed by atoms with E-state index in [0.717, 1.165) is 11.3 Å². The highest BCUT2D eigenvalue weighted by atomic mass is 16.4. The van der Waals surface area contributed by atoms with Crippen molar-refractivity contribution in [3.63, 3.8) is 0 Å². The first-order valence-corrected chi connectivity index (χ1v) is 3.60. The number of rotatable bonds is 1. The number of fused-ring (bicyclic) bond motifs is 1. The van der Waals surface area contributed by atoms with Crippen LogP contribution in [0, 0.1) is 0 Å². The van der Waals surface area contributed by atoms with Crippen molar-refractivity contribution < 1.29 is 14.5 Å². The van der Waals surface area contributed by atoms with Gasteiger partial charge in [-0.2, -0.15) is 0 Å². The van der Waals surface area contributed by atoms with Crippen molar-refractivity contribution in [3.05, 3.63) is 30.5 Å². The molecule has 0 aromatic carbocycles. The Hall–Kier alpha value is -1.26. The minimum Gasteiger partial charge on any atom is -0.465 e. The quantitative estimate of drug-likeness (QED) is 0.583. The summed E-state index contributed by atoms with van der Waals surface area (Å²) >= 11 is 0. The predicted molar refractivity (Wildman–Crippen MR) is 45.2 cm³/mol. The van der Waals surface area contributed by atoms with Gasteiger partial charge in [0, 0.05) is 11.0 Å². The molecule has 0 bridgehead atoms. The van der Waals surface area contributed by atoms with Crippen molar-refractivity contribution >= 4 is 12.6 Å². The van der Waals surface area contributed by atoms with Crippen LogP contribution in [0.1, 0.15) is 0 Å². The molecule has 60 valence electrons. The molecular formula is C8H7BO3. The van der Waals surface area contributed by atoms with Gasteiger partial charge in [0.05, 0.1) is 6.26 Å². The van der Waals surface area contributed by atoms with Gasteiger partial charge in [-0.1, -0.05) is 12.1 Å². The molecule has 0 unspecified atom stereocenters. The van der Waals surface area contributed by atoms with Crippen molar-refractivity contribution in [2.75, 3.05) is 0 Å². The maximum absolute atomic E-state index is 8.82. The van der Waals surface area contributed by atoms with E-state index in [2.05, 4.69) is 0 Å². The topological polar surface area (TPSA) is 53.6 Å². The van der Waals surface area contributed by atoms with Gasteiger partial charge in [-0.15, -0.1) is 0 Å². The van der Waals surface area contributed by atoms with Crippen molar-refractivity contribution in [1.82, 2.24) is 0 Å². The Bertz CT molecular complexity index is 355. The number of hydrogen-bond acceptors (Lipinski definition) is 3. The molecule has 3 nitrogen and oxygen atoms in total. The summed E-state index contributed by atoms with van der Waals surface area (Å²) < 4.78 is 5.12. The van der Waals surface area contributed by atoms with E-state index in [9.17, 15) is 0 Å². The minimum absolute atomic E-state index is 0.369. The van der Waals surface area contributed by atoms with E-state index in [4.69, 9.17) is 14.5 Å². The summed E-state index contributed by atoms with van der Waals surface area (Å²) in [5.74, 6) is 0.749. The maximum Gasteiger partial charge on any atom is 0.491 e. The summed E-state index contributed by atoms with van der Waals surface area (Å²) in [5.41, 5.74) is 1.24. The highest BCUT2D eigenvalue weighted by Crippen LogP contribution is 2.20. The second kappa shape index (κ2) is 2.66. The molecule has 1 aliphatic carbocycles. The van der Waals surface area contributed by atoms with Crippen molar-refractivity contribution in [2.24, 2.45) is 0 Å². The van der Waals surface area contributed by atoms with Gasteiger partial charge in [0.2, 0.25) is 0 Å². The SMILES string of the molecule is OB(O)c1coc2cccc-2c1. The van der Waals surface area contributed by atoms with Gasteiger partial charge in [0.25, 0.3) is 0 Å². The molecule has 0 amide bonds. The lowest BCUT2D eigenvalue weighted by Crippen LogP contribution is -2.29. The Morgan fingerprint density at radius 1 is 1.25 bits per heavy atom. The minimum atomic E-state index is -1.46. The fourth-order valence-corrected chi connectivity index (χ4v) is 1.12. The second-order valence-electron chi connectivity index (χ2n) is 2.60. The standard InChI is InChI=1S/C8H7BO3/c10-9(11)7-4-6-2-1-3-8(6)12-5-7/h1-5,10-11H. The molecule has 2 rings (SSSR count). The lowest BCUT2D eigenvalue weighted by Gasteiger charge is -2.01. The molecule has 2 N–H and O–H groups in total. The Kier molecular flexibility index (Phi) is 1.64. The Morgan fingerprint density at radius 3 is 2.83 bits per heavy atom. The maximum atomic E-state index is 8.82. The van der Waals surface area contributed by atoms with E-state index >= 15 is 0 Å². The zero-order chi connectivity index (χ0) is 8.55. The molecule has 1 heterocycles. The Labute approximate surface area is 69.7 Å². The molecule has 0 aromatic rings. The highest BCUT2D eigenvalue weighted by molar-refractivity contribution is 6.58.